The lowest BCUT2D eigenvalue weighted by Gasteiger charge is -2.21. The monoisotopic (exact) mass is 349 g/mol. The van der Waals surface area contributed by atoms with Crippen LogP contribution in [0.1, 0.15) is 11.7 Å². The minimum Gasteiger partial charge on any atom is -0.467 e. The SMILES string of the molecule is COc1ncc(-c2ccc(C(C(O)C(F)F)n3cnnn3)nc2)cn1. The third-order valence-electron chi connectivity index (χ3n) is 3.46. The van der Waals surface area contributed by atoms with E-state index in [1.54, 1.807) is 18.5 Å². The van der Waals surface area contributed by atoms with Crippen molar-refractivity contribution in [2.75, 3.05) is 7.11 Å². The zero-order valence-electron chi connectivity index (χ0n) is 12.9. The van der Waals surface area contributed by atoms with E-state index >= 15 is 0 Å². The summed E-state index contributed by atoms with van der Waals surface area (Å²) in [5.41, 5.74) is 1.54. The molecule has 3 heterocycles. The summed E-state index contributed by atoms with van der Waals surface area (Å²) in [5, 5.41) is 20.2. The molecule has 9 nitrogen and oxygen atoms in total. The smallest absolute Gasteiger partial charge is 0.316 e. The van der Waals surface area contributed by atoms with Crippen LogP contribution < -0.4 is 4.74 Å². The van der Waals surface area contributed by atoms with E-state index in [1.807, 2.05) is 0 Å². The minimum absolute atomic E-state index is 0.193. The van der Waals surface area contributed by atoms with Crippen molar-refractivity contribution in [2.24, 2.45) is 0 Å². The third-order valence-corrected chi connectivity index (χ3v) is 3.46. The van der Waals surface area contributed by atoms with Gasteiger partial charge in [0.2, 0.25) is 0 Å². The standard InChI is InChI=1S/C14H13F2N7O2/c1-25-14-18-5-9(6-19-14)8-2-3-10(17-4-8)11(12(24)13(15)16)23-7-20-21-22-23/h2-7,11-13,24H,1H3. The molecule has 25 heavy (non-hydrogen) atoms. The van der Waals surface area contributed by atoms with Gasteiger partial charge < -0.3 is 9.84 Å². The van der Waals surface area contributed by atoms with Crippen LogP contribution in [0, 0.1) is 0 Å². The van der Waals surface area contributed by atoms with E-state index in [1.165, 1.54) is 19.4 Å². The molecule has 2 unspecified atom stereocenters. The Morgan fingerprint density at radius 3 is 2.32 bits per heavy atom. The summed E-state index contributed by atoms with van der Waals surface area (Å²) in [6.07, 6.45) is 0.723. The second kappa shape index (κ2) is 7.21. The van der Waals surface area contributed by atoms with Gasteiger partial charge in [0.1, 0.15) is 18.5 Å². The van der Waals surface area contributed by atoms with Gasteiger partial charge in [-0.2, -0.15) is 0 Å². The van der Waals surface area contributed by atoms with E-state index in [0.717, 1.165) is 11.0 Å². The van der Waals surface area contributed by atoms with Crippen LogP contribution in [0.25, 0.3) is 11.1 Å². The Morgan fingerprint density at radius 2 is 1.80 bits per heavy atom. The maximum absolute atomic E-state index is 13.0. The van der Waals surface area contributed by atoms with Crippen molar-refractivity contribution < 1.29 is 18.6 Å². The second-order valence-corrected chi connectivity index (χ2v) is 4.99. The number of hydrogen-bond acceptors (Lipinski definition) is 8. The molecule has 1 N–H and O–H groups in total. The normalized spacial score (nSPS) is 13.6. The molecule has 0 amide bonds. The topological polar surface area (TPSA) is 112 Å². The Morgan fingerprint density at radius 1 is 1.08 bits per heavy atom. The van der Waals surface area contributed by atoms with Crippen molar-refractivity contribution >= 4 is 0 Å². The molecular formula is C14H13F2N7O2. The van der Waals surface area contributed by atoms with E-state index in [9.17, 15) is 13.9 Å². The van der Waals surface area contributed by atoms with Gasteiger partial charge in [-0.3, -0.25) is 4.98 Å². The van der Waals surface area contributed by atoms with E-state index in [4.69, 9.17) is 4.74 Å². The number of tetrazole rings is 1. The molecule has 0 aliphatic rings. The van der Waals surface area contributed by atoms with E-state index in [0.29, 0.717) is 11.1 Å². The summed E-state index contributed by atoms with van der Waals surface area (Å²) in [5.74, 6) is 0. The predicted octanol–water partition coefficient (Wildman–Crippen LogP) is 0.749. The summed E-state index contributed by atoms with van der Waals surface area (Å²) in [4.78, 5) is 12.1. The third kappa shape index (κ3) is 3.55. The summed E-state index contributed by atoms with van der Waals surface area (Å²) < 4.78 is 31.9. The summed E-state index contributed by atoms with van der Waals surface area (Å²) in [7, 11) is 1.46. The number of aliphatic hydroxyl groups is 1. The molecule has 2 atom stereocenters. The molecular weight excluding hydrogens is 336 g/mol. The maximum Gasteiger partial charge on any atom is 0.316 e. The molecule has 0 spiro atoms. The second-order valence-electron chi connectivity index (χ2n) is 4.99. The van der Waals surface area contributed by atoms with E-state index in [-0.39, 0.29) is 11.7 Å². The highest BCUT2D eigenvalue weighted by Gasteiger charge is 2.32. The number of aromatic nitrogens is 7. The number of aliphatic hydroxyl groups excluding tert-OH is 1. The van der Waals surface area contributed by atoms with E-state index < -0.39 is 18.6 Å². The van der Waals surface area contributed by atoms with Crippen molar-refractivity contribution in [1.29, 1.82) is 0 Å². The lowest BCUT2D eigenvalue weighted by molar-refractivity contribution is -0.0292. The Bertz CT molecular complexity index is 797. The fraction of sp³-hybridized carbons (Fsp3) is 0.286. The molecule has 0 saturated carbocycles. The fourth-order valence-electron chi connectivity index (χ4n) is 2.22. The van der Waals surface area contributed by atoms with Crippen molar-refractivity contribution in [3.05, 3.63) is 42.7 Å². The molecule has 0 aliphatic heterocycles. The minimum atomic E-state index is -2.98. The molecule has 0 radical (unpaired) electrons. The van der Waals surface area contributed by atoms with Crippen molar-refractivity contribution in [3.8, 4) is 17.1 Å². The summed E-state index contributed by atoms with van der Waals surface area (Å²) in [6, 6.07) is 2.18. The van der Waals surface area contributed by atoms with Gasteiger partial charge in [0.15, 0.2) is 0 Å². The average molecular weight is 349 g/mol. The van der Waals surface area contributed by atoms with Gasteiger partial charge in [0.05, 0.1) is 12.8 Å². The number of hydrogen-bond donors (Lipinski definition) is 1. The Hall–Kier alpha value is -3.08. The first-order valence-electron chi connectivity index (χ1n) is 7.11. The number of ether oxygens (including phenoxy) is 1. The molecule has 0 bridgehead atoms. The molecule has 0 aromatic carbocycles. The molecule has 3 aromatic heterocycles. The Kier molecular flexibility index (Phi) is 4.84. The van der Waals surface area contributed by atoms with Crippen LogP contribution in [-0.2, 0) is 0 Å². The molecule has 0 aliphatic carbocycles. The molecule has 0 fully saturated rings. The summed E-state index contributed by atoms with van der Waals surface area (Å²) >= 11 is 0. The molecule has 3 aromatic rings. The summed E-state index contributed by atoms with van der Waals surface area (Å²) in [6.45, 7) is 0. The van der Waals surface area contributed by atoms with Crippen molar-refractivity contribution in [2.45, 2.75) is 18.6 Å². The molecule has 11 heteroatoms. The van der Waals surface area contributed by atoms with Crippen molar-refractivity contribution in [3.63, 3.8) is 0 Å². The van der Waals surface area contributed by atoms with Crippen LogP contribution in [0.5, 0.6) is 6.01 Å². The average Bonchev–Trinajstić information content (AvgIpc) is 3.16. The number of methoxy groups -OCH3 is 1. The van der Waals surface area contributed by atoms with Gasteiger partial charge in [-0.15, -0.1) is 5.10 Å². The van der Waals surface area contributed by atoms with Gasteiger partial charge in [-0.25, -0.2) is 23.4 Å². The first kappa shape index (κ1) is 16.8. The zero-order valence-corrected chi connectivity index (χ0v) is 12.9. The van der Waals surface area contributed by atoms with Gasteiger partial charge in [-0.05, 0) is 16.5 Å². The predicted molar refractivity (Wildman–Crippen MR) is 79.8 cm³/mol. The van der Waals surface area contributed by atoms with Crippen LogP contribution in [0.15, 0.2) is 37.1 Å². The van der Waals surface area contributed by atoms with Crippen LogP contribution in [0.2, 0.25) is 0 Å². The fourth-order valence-corrected chi connectivity index (χ4v) is 2.22. The number of rotatable bonds is 6. The van der Waals surface area contributed by atoms with Gasteiger partial charge in [0.25, 0.3) is 6.43 Å². The number of halogens is 2. The van der Waals surface area contributed by atoms with Crippen LogP contribution >= 0.6 is 0 Å². The van der Waals surface area contributed by atoms with Gasteiger partial charge in [0, 0.05) is 29.7 Å². The first-order chi connectivity index (χ1) is 12.1. The number of pyridine rings is 1. The lowest BCUT2D eigenvalue weighted by Crippen LogP contribution is -2.32. The number of alkyl halides is 2. The van der Waals surface area contributed by atoms with Crippen LogP contribution in [0.3, 0.4) is 0 Å². The lowest BCUT2D eigenvalue weighted by atomic mass is 10.1. The van der Waals surface area contributed by atoms with Crippen LogP contribution in [0.4, 0.5) is 8.78 Å². The highest BCUT2D eigenvalue weighted by Crippen LogP contribution is 2.25. The van der Waals surface area contributed by atoms with E-state index in [2.05, 4.69) is 30.5 Å². The highest BCUT2D eigenvalue weighted by atomic mass is 19.3. The largest absolute Gasteiger partial charge is 0.467 e. The highest BCUT2D eigenvalue weighted by molar-refractivity contribution is 5.60. The molecule has 130 valence electrons. The quantitative estimate of drug-likeness (QED) is 0.694. The van der Waals surface area contributed by atoms with Gasteiger partial charge in [-0.1, -0.05) is 6.07 Å². The Balaban J connectivity index is 1.90. The zero-order chi connectivity index (χ0) is 17.8. The van der Waals surface area contributed by atoms with Gasteiger partial charge >= 0.3 is 6.01 Å². The Labute approximate surface area is 140 Å². The first-order valence-corrected chi connectivity index (χ1v) is 7.11. The van der Waals surface area contributed by atoms with Crippen molar-refractivity contribution in [1.82, 2.24) is 35.2 Å². The van der Waals surface area contributed by atoms with Crippen LogP contribution in [-0.4, -0.2) is 59.9 Å². The maximum atomic E-state index is 13.0. The number of nitrogens with zero attached hydrogens (tertiary/aromatic N) is 7. The molecule has 0 saturated heterocycles. The molecule has 3 rings (SSSR count).